The van der Waals surface area contributed by atoms with Crippen LogP contribution in [0.2, 0.25) is 0 Å². The molecule has 0 spiro atoms. The van der Waals surface area contributed by atoms with Gasteiger partial charge in [0.15, 0.2) is 0 Å². The highest BCUT2D eigenvalue weighted by atomic mass is 32.1. The van der Waals surface area contributed by atoms with Crippen molar-refractivity contribution in [2.24, 2.45) is 0 Å². The number of carbonyl (C=O) groups excluding carboxylic acids is 1. The lowest BCUT2D eigenvalue weighted by Gasteiger charge is -2.36. The molecule has 2 aromatic rings. The summed E-state index contributed by atoms with van der Waals surface area (Å²) in [5, 5.41) is 3.84. The molecule has 0 aliphatic carbocycles. The van der Waals surface area contributed by atoms with E-state index < -0.39 is 0 Å². The topological polar surface area (TPSA) is 32.8 Å². The zero-order chi connectivity index (χ0) is 18.1. The van der Waals surface area contributed by atoms with E-state index in [9.17, 15) is 9.18 Å². The molecule has 4 rings (SSSR count). The number of rotatable bonds is 4. The third-order valence-electron chi connectivity index (χ3n) is 5.59. The maximum atomic E-state index is 13.5. The molecule has 1 aromatic carbocycles. The second-order valence-corrected chi connectivity index (χ2v) is 8.01. The first-order valence-electron chi connectivity index (χ1n) is 9.07. The average Bonchev–Trinajstić information content (AvgIpc) is 3.19. The van der Waals surface area contributed by atoms with Crippen LogP contribution in [0.1, 0.15) is 31.2 Å². The van der Waals surface area contributed by atoms with Crippen LogP contribution in [-0.4, -0.2) is 36.2 Å². The van der Waals surface area contributed by atoms with Gasteiger partial charge in [-0.2, -0.15) is 11.3 Å². The Morgan fingerprint density at radius 3 is 2.73 bits per heavy atom. The van der Waals surface area contributed by atoms with Gasteiger partial charge in [0.05, 0.1) is 12.2 Å². The van der Waals surface area contributed by atoms with Crippen LogP contribution in [0.25, 0.3) is 0 Å². The smallest absolute Gasteiger partial charge is 0.414 e. The van der Waals surface area contributed by atoms with Gasteiger partial charge in [-0.1, -0.05) is 12.1 Å². The zero-order valence-electron chi connectivity index (χ0n) is 14.8. The predicted molar refractivity (Wildman–Crippen MR) is 101 cm³/mol. The van der Waals surface area contributed by atoms with Crippen LogP contribution in [-0.2, 0) is 11.3 Å². The van der Waals surface area contributed by atoms with Gasteiger partial charge >= 0.3 is 6.09 Å². The molecule has 2 aliphatic heterocycles. The Morgan fingerprint density at radius 1 is 1.31 bits per heavy atom. The Morgan fingerprint density at radius 2 is 2.08 bits per heavy atom. The standard InChI is InChI=1S/C20H23FN2O2S/c1-22-16-5-6-17(22)11-19(10-16)25-20(24)23(18-7-8-26-13-18)12-14-3-2-4-15(21)9-14/h2-4,7-9,13,16-17,19H,5-6,10-12H2,1H3. The first-order valence-corrected chi connectivity index (χ1v) is 10.0. The number of anilines is 1. The van der Waals surface area contributed by atoms with E-state index in [2.05, 4.69) is 11.9 Å². The number of halogens is 1. The summed E-state index contributed by atoms with van der Waals surface area (Å²) >= 11 is 1.53. The molecule has 0 N–H and O–H groups in total. The summed E-state index contributed by atoms with van der Waals surface area (Å²) in [4.78, 5) is 16.9. The average molecular weight is 374 g/mol. The molecule has 2 bridgehead atoms. The number of amides is 1. The quantitative estimate of drug-likeness (QED) is 0.781. The number of hydrogen-bond donors (Lipinski definition) is 0. The van der Waals surface area contributed by atoms with Gasteiger partial charge in [-0.15, -0.1) is 0 Å². The summed E-state index contributed by atoms with van der Waals surface area (Å²) in [6.07, 6.45) is 3.79. The van der Waals surface area contributed by atoms with E-state index in [1.807, 2.05) is 22.9 Å². The van der Waals surface area contributed by atoms with Gasteiger partial charge in [-0.3, -0.25) is 4.90 Å². The van der Waals surface area contributed by atoms with E-state index in [-0.39, 0.29) is 18.0 Å². The maximum Gasteiger partial charge on any atom is 0.414 e. The lowest BCUT2D eigenvalue weighted by Crippen LogP contribution is -2.45. The molecular weight excluding hydrogens is 351 g/mol. The monoisotopic (exact) mass is 374 g/mol. The molecule has 4 nitrogen and oxygen atoms in total. The molecule has 2 saturated heterocycles. The second-order valence-electron chi connectivity index (χ2n) is 7.23. The largest absolute Gasteiger partial charge is 0.446 e. The molecule has 2 unspecified atom stereocenters. The molecule has 0 saturated carbocycles. The van der Waals surface area contributed by atoms with Crippen LogP contribution in [0.5, 0.6) is 0 Å². The van der Waals surface area contributed by atoms with Crippen LogP contribution in [0.4, 0.5) is 14.9 Å². The van der Waals surface area contributed by atoms with Gasteiger partial charge in [-0.05, 0) is 49.0 Å². The van der Waals surface area contributed by atoms with E-state index in [0.717, 1.165) is 24.1 Å². The molecule has 138 valence electrons. The van der Waals surface area contributed by atoms with E-state index in [0.29, 0.717) is 18.6 Å². The molecule has 0 radical (unpaired) electrons. The minimum atomic E-state index is -0.346. The highest BCUT2D eigenvalue weighted by molar-refractivity contribution is 7.08. The number of nitrogens with zero attached hydrogens (tertiary/aromatic N) is 2. The van der Waals surface area contributed by atoms with Crippen LogP contribution in [0, 0.1) is 5.82 Å². The molecule has 2 atom stereocenters. The van der Waals surface area contributed by atoms with Crippen molar-refractivity contribution < 1.29 is 13.9 Å². The molecular formula is C20H23FN2O2S. The predicted octanol–water partition coefficient (Wildman–Crippen LogP) is 4.66. The van der Waals surface area contributed by atoms with Crippen LogP contribution >= 0.6 is 11.3 Å². The van der Waals surface area contributed by atoms with Crippen LogP contribution < -0.4 is 4.90 Å². The molecule has 2 aliphatic rings. The Kier molecular flexibility index (Phi) is 4.96. The fourth-order valence-corrected chi connectivity index (χ4v) is 4.80. The number of thiophene rings is 1. The minimum Gasteiger partial charge on any atom is -0.446 e. The number of piperidine rings is 1. The number of fused-ring (bicyclic) bond motifs is 2. The highest BCUT2D eigenvalue weighted by Crippen LogP contribution is 2.36. The minimum absolute atomic E-state index is 0.0372. The summed E-state index contributed by atoms with van der Waals surface area (Å²) in [6.45, 7) is 0.298. The van der Waals surface area contributed by atoms with E-state index in [1.54, 1.807) is 11.0 Å². The molecule has 1 aromatic heterocycles. The lowest BCUT2D eigenvalue weighted by molar-refractivity contribution is 0.0314. The van der Waals surface area contributed by atoms with Gasteiger partial charge in [0.25, 0.3) is 0 Å². The van der Waals surface area contributed by atoms with Gasteiger partial charge in [0.1, 0.15) is 11.9 Å². The van der Waals surface area contributed by atoms with Crippen molar-refractivity contribution in [1.29, 1.82) is 0 Å². The fourth-order valence-electron chi connectivity index (χ4n) is 4.15. The van der Waals surface area contributed by atoms with Crippen molar-refractivity contribution in [1.82, 2.24) is 4.90 Å². The van der Waals surface area contributed by atoms with Crippen LogP contribution in [0.15, 0.2) is 41.1 Å². The normalized spacial score (nSPS) is 25.2. The van der Waals surface area contributed by atoms with E-state index >= 15 is 0 Å². The second kappa shape index (κ2) is 7.37. The third-order valence-corrected chi connectivity index (χ3v) is 6.26. The summed E-state index contributed by atoms with van der Waals surface area (Å²) in [5.41, 5.74) is 1.54. The Labute approximate surface area is 157 Å². The molecule has 6 heteroatoms. The molecule has 1 amide bonds. The first-order chi connectivity index (χ1) is 12.6. The maximum absolute atomic E-state index is 13.5. The van der Waals surface area contributed by atoms with Crippen LogP contribution in [0.3, 0.4) is 0 Å². The summed E-state index contributed by atoms with van der Waals surface area (Å²) in [6, 6.07) is 9.28. The summed E-state index contributed by atoms with van der Waals surface area (Å²) in [7, 11) is 2.17. The SMILES string of the molecule is CN1C2CCC1CC(OC(=O)N(Cc1cccc(F)c1)c1ccsc1)C2. The first kappa shape index (κ1) is 17.5. The number of benzene rings is 1. The van der Waals surface area contributed by atoms with Crippen molar-refractivity contribution in [2.45, 2.75) is 50.4 Å². The lowest BCUT2D eigenvalue weighted by atomic mass is 10.0. The van der Waals surface area contributed by atoms with Crippen molar-refractivity contribution >= 4 is 23.1 Å². The Balaban J connectivity index is 1.48. The number of carbonyl (C=O) groups is 1. The molecule has 3 heterocycles. The van der Waals surface area contributed by atoms with Gasteiger partial charge in [0.2, 0.25) is 0 Å². The Bertz CT molecular complexity index is 753. The molecule has 2 fully saturated rings. The van der Waals surface area contributed by atoms with Crippen molar-refractivity contribution in [3.8, 4) is 0 Å². The van der Waals surface area contributed by atoms with Gasteiger partial charge in [0, 0.05) is 30.3 Å². The Hall–Kier alpha value is -1.92. The van der Waals surface area contributed by atoms with Gasteiger partial charge < -0.3 is 9.64 Å². The van der Waals surface area contributed by atoms with Crippen molar-refractivity contribution in [3.63, 3.8) is 0 Å². The van der Waals surface area contributed by atoms with Crippen molar-refractivity contribution in [2.75, 3.05) is 11.9 Å². The zero-order valence-corrected chi connectivity index (χ0v) is 15.6. The van der Waals surface area contributed by atoms with E-state index in [1.165, 1.54) is 36.3 Å². The summed E-state index contributed by atoms with van der Waals surface area (Å²) < 4.78 is 19.4. The highest BCUT2D eigenvalue weighted by Gasteiger charge is 2.40. The van der Waals surface area contributed by atoms with Gasteiger partial charge in [-0.25, -0.2) is 9.18 Å². The van der Waals surface area contributed by atoms with E-state index in [4.69, 9.17) is 4.74 Å². The fraction of sp³-hybridized carbons (Fsp3) is 0.450. The number of ether oxygens (including phenoxy) is 1. The molecule has 26 heavy (non-hydrogen) atoms. The third kappa shape index (κ3) is 3.62. The van der Waals surface area contributed by atoms with Crippen molar-refractivity contribution in [3.05, 3.63) is 52.5 Å². The number of hydrogen-bond acceptors (Lipinski definition) is 4. The summed E-state index contributed by atoms with van der Waals surface area (Å²) in [5.74, 6) is -0.298.